The van der Waals surface area contributed by atoms with Crippen molar-refractivity contribution < 1.29 is 54.5 Å². The molecule has 0 aromatic rings. The largest absolute Gasteiger partial charge is 0.511 e. The van der Waals surface area contributed by atoms with Crippen LogP contribution in [0.1, 0.15) is 34.1 Å². The molecule has 0 aromatic carbocycles. The highest BCUT2D eigenvalue weighted by Gasteiger charge is 2.37. The van der Waals surface area contributed by atoms with Crippen LogP contribution in [0.5, 0.6) is 0 Å². The van der Waals surface area contributed by atoms with Crippen molar-refractivity contribution in [3.05, 3.63) is 0 Å². The fourth-order valence-corrected chi connectivity index (χ4v) is 3.45. The molecule has 28 heavy (non-hydrogen) atoms. The van der Waals surface area contributed by atoms with Gasteiger partial charge in [0.1, 0.15) is 0 Å². The molecular weight excluding hydrogens is 424 g/mol. The fourth-order valence-electron chi connectivity index (χ4n) is 1.66. The van der Waals surface area contributed by atoms with Crippen molar-refractivity contribution in [2.24, 2.45) is 5.41 Å². The highest BCUT2D eigenvalue weighted by molar-refractivity contribution is 7.87. The quantitative estimate of drug-likeness (QED) is 0.177. The Balaban J connectivity index is 4.65. The summed E-state index contributed by atoms with van der Waals surface area (Å²) < 4.78 is 71.8. The van der Waals surface area contributed by atoms with Gasteiger partial charge in [-0.25, -0.2) is 9.59 Å². The maximum absolute atomic E-state index is 11.9. The molecular formula is C14H26O12S2. The molecule has 14 heteroatoms. The molecule has 0 saturated heterocycles. The zero-order valence-corrected chi connectivity index (χ0v) is 17.6. The van der Waals surface area contributed by atoms with Gasteiger partial charge in [-0.2, -0.15) is 16.8 Å². The van der Waals surface area contributed by atoms with Crippen molar-refractivity contribution in [3.8, 4) is 0 Å². The number of aliphatic hydroxyl groups excluding tert-OH is 1. The monoisotopic (exact) mass is 450 g/mol. The standard InChI is InChI=1S/C14H26O12S2/c1-5-23-13(17)26-10(2)25-12(16)11(15)14(3,4)9-24-28(21,22)8-6-7-27(18,19)20/h10-11,15H,5-9H2,1-4H3,(H,18,19,20). The van der Waals surface area contributed by atoms with Gasteiger partial charge >= 0.3 is 12.1 Å². The van der Waals surface area contributed by atoms with E-state index in [2.05, 4.69) is 9.47 Å². The third-order valence-electron chi connectivity index (χ3n) is 3.18. The second-order valence-electron chi connectivity index (χ2n) is 6.36. The Morgan fingerprint density at radius 2 is 1.64 bits per heavy atom. The fraction of sp³-hybridized carbons (Fsp3) is 0.857. The minimum Gasteiger partial charge on any atom is -0.435 e. The van der Waals surface area contributed by atoms with Crippen LogP contribution in [0.25, 0.3) is 0 Å². The van der Waals surface area contributed by atoms with Crippen molar-refractivity contribution in [1.82, 2.24) is 0 Å². The molecule has 166 valence electrons. The van der Waals surface area contributed by atoms with E-state index < -0.39 is 74.7 Å². The molecule has 0 radical (unpaired) electrons. The number of aliphatic hydroxyl groups is 1. The molecule has 0 aromatic heterocycles. The van der Waals surface area contributed by atoms with Crippen LogP contribution in [0.2, 0.25) is 0 Å². The summed E-state index contributed by atoms with van der Waals surface area (Å²) in [5.41, 5.74) is -1.42. The van der Waals surface area contributed by atoms with E-state index in [1.807, 2.05) is 0 Å². The average molecular weight is 450 g/mol. The maximum atomic E-state index is 11.9. The van der Waals surface area contributed by atoms with Crippen LogP contribution in [-0.2, 0) is 43.4 Å². The Morgan fingerprint density at radius 3 is 2.14 bits per heavy atom. The summed E-state index contributed by atoms with van der Waals surface area (Å²) in [6.07, 6.45) is -4.65. The Bertz CT molecular complexity index is 725. The van der Waals surface area contributed by atoms with E-state index in [0.29, 0.717) is 0 Å². The lowest BCUT2D eigenvalue weighted by atomic mass is 9.88. The van der Waals surface area contributed by atoms with E-state index >= 15 is 0 Å². The molecule has 0 spiro atoms. The lowest BCUT2D eigenvalue weighted by Crippen LogP contribution is -2.43. The lowest BCUT2D eigenvalue weighted by Gasteiger charge is -2.29. The van der Waals surface area contributed by atoms with Gasteiger partial charge in [0, 0.05) is 12.3 Å². The van der Waals surface area contributed by atoms with Gasteiger partial charge in [0.2, 0.25) is 6.29 Å². The van der Waals surface area contributed by atoms with Gasteiger partial charge in [-0.3, -0.25) is 8.74 Å². The summed E-state index contributed by atoms with van der Waals surface area (Å²) in [6.45, 7) is 4.83. The number of carbonyl (C=O) groups excluding carboxylic acids is 2. The van der Waals surface area contributed by atoms with Gasteiger partial charge in [0.05, 0.1) is 24.7 Å². The summed E-state index contributed by atoms with van der Waals surface area (Å²) in [5, 5.41) is 10.1. The molecule has 0 heterocycles. The van der Waals surface area contributed by atoms with Crippen LogP contribution < -0.4 is 0 Å². The first kappa shape index (κ1) is 26.5. The van der Waals surface area contributed by atoms with Gasteiger partial charge in [-0.05, 0) is 13.3 Å². The highest BCUT2D eigenvalue weighted by atomic mass is 32.2. The summed E-state index contributed by atoms with van der Waals surface area (Å²) in [5.74, 6) is -2.63. The van der Waals surface area contributed by atoms with E-state index in [-0.39, 0.29) is 6.61 Å². The van der Waals surface area contributed by atoms with Crippen LogP contribution in [0.3, 0.4) is 0 Å². The highest BCUT2D eigenvalue weighted by Crippen LogP contribution is 2.24. The Kier molecular flexibility index (Phi) is 10.3. The summed E-state index contributed by atoms with van der Waals surface area (Å²) in [7, 11) is -8.47. The molecule has 2 unspecified atom stereocenters. The lowest BCUT2D eigenvalue weighted by molar-refractivity contribution is -0.184. The number of hydrogen-bond acceptors (Lipinski definition) is 11. The van der Waals surface area contributed by atoms with Crippen LogP contribution in [0, 0.1) is 5.41 Å². The number of esters is 1. The number of ether oxygens (including phenoxy) is 3. The Labute approximate surface area is 164 Å². The smallest absolute Gasteiger partial charge is 0.435 e. The molecule has 0 aliphatic carbocycles. The van der Waals surface area contributed by atoms with Gasteiger partial charge in [-0.1, -0.05) is 13.8 Å². The van der Waals surface area contributed by atoms with Gasteiger partial charge in [-0.15, -0.1) is 0 Å². The van der Waals surface area contributed by atoms with Crippen molar-refractivity contribution in [1.29, 1.82) is 0 Å². The molecule has 0 aliphatic rings. The van der Waals surface area contributed by atoms with E-state index in [0.717, 1.165) is 0 Å². The number of rotatable bonds is 12. The van der Waals surface area contributed by atoms with Crippen molar-refractivity contribution in [3.63, 3.8) is 0 Å². The zero-order chi connectivity index (χ0) is 22.2. The first-order chi connectivity index (χ1) is 12.6. The Hall–Kier alpha value is -1.48. The minimum absolute atomic E-state index is 0.0468. The van der Waals surface area contributed by atoms with Gasteiger partial charge in [0.25, 0.3) is 20.2 Å². The molecule has 0 rings (SSSR count). The average Bonchev–Trinajstić information content (AvgIpc) is 2.50. The Morgan fingerprint density at radius 1 is 1.07 bits per heavy atom. The van der Waals surface area contributed by atoms with Gasteiger partial charge in [0.15, 0.2) is 6.10 Å². The molecule has 0 aliphatic heterocycles. The number of carbonyl (C=O) groups is 2. The molecule has 0 amide bonds. The molecule has 0 fully saturated rings. The van der Waals surface area contributed by atoms with Crippen LogP contribution in [0.15, 0.2) is 0 Å². The SMILES string of the molecule is CCOC(=O)OC(C)OC(=O)C(O)C(C)(C)COS(=O)(=O)CCCS(=O)(=O)O. The second-order valence-corrected chi connectivity index (χ2v) is 9.69. The van der Waals surface area contributed by atoms with Crippen molar-refractivity contribution in [2.75, 3.05) is 24.7 Å². The minimum atomic E-state index is -4.30. The van der Waals surface area contributed by atoms with Crippen LogP contribution in [0.4, 0.5) is 4.79 Å². The molecule has 2 atom stereocenters. The zero-order valence-electron chi connectivity index (χ0n) is 16.0. The van der Waals surface area contributed by atoms with Crippen molar-refractivity contribution >= 4 is 32.4 Å². The van der Waals surface area contributed by atoms with Crippen molar-refractivity contribution in [2.45, 2.75) is 46.5 Å². The number of hydrogen-bond donors (Lipinski definition) is 2. The topological polar surface area (TPSA) is 180 Å². The first-order valence-electron chi connectivity index (χ1n) is 8.14. The van der Waals surface area contributed by atoms with E-state index in [1.54, 1.807) is 6.92 Å². The predicted octanol–water partition coefficient (Wildman–Crippen LogP) is 0.0601. The molecule has 0 saturated carbocycles. The second kappa shape index (κ2) is 10.9. The normalized spacial score (nSPS) is 14.8. The molecule has 0 bridgehead atoms. The summed E-state index contributed by atoms with van der Waals surface area (Å²) in [4.78, 5) is 23.1. The third-order valence-corrected chi connectivity index (χ3v) is 5.25. The van der Waals surface area contributed by atoms with Crippen LogP contribution >= 0.6 is 0 Å². The maximum Gasteiger partial charge on any atom is 0.511 e. The van der Waals surface area contributed by atoms with E-state index in [4.69, 9.17) is 13.5 Å². The van der Waals surface area contributed by atoms with E-state index in [1.165, 1.54) is 20.8 Å². The predicted molar refractivity (Wildman–Crippen MR) is 94.2 cm³/mol. The third kappa shape index (κ3) is 11.4. The molecule has 12 nitrogen and oxygen atoms in total. The summed E-state index contributed by atoms with van der Waals surface area (Å²) >= 11 is 0. The van der Waals surface area contributed by atoms with Gasteiger partial charge < -0.3 is 19.3 Å². The molecule has 2 N–H and O–H groups in total. The van der Waals surface area contributed by atoms with E-state index in [9.17, 15) is 31.5 Å². The first-order valence-corrected chi connectivity index (χ1v) is 11.3. The van der Waals surface area contributed by atoms with Crippen LogP contribution in [-0.4, -0.2) is 75.7 Å². The summed E-state index contributed by atoms with van der Waals surface area (Å²) in [6, 6.07) is 0.